The van der Waals surface area contributed by atoms with Gasteiger partial charge in [0.2, 0.25) is 0 Å². The molecule has 21 heavy (non-hydrogen) atoms. The highest BCUT2D eigenvalue weighted by atomic mass is 16.4. The van der Waals surface area contributed by atoms with Gasteiger partial charge in [-0.2, -0.15) is 0 Å². The van der Waals surface area contributed by atoms with Gasteiger partial charge in [0.1, 0.15) is 0 Å². The Morgan fingerprint density at radius 2 is 1.62 bits per heavy atom. The zero-order valence-corrected chi connectivity index (χ0v) is 11.5. The van der Waals surface area contributed by atoms with Gasteiger partial charge in [-0.3, -0.25) is 0 Å². The number of rotatable bonds is 5. The first-order valence-corrected chi connectivity index (χ1v) is 6.02. The summed E-state index contributed by atoms with van der Waals surface area (Å²) in [6.45, 7) is 1.38. The molecule has 1 aromatic carbocycles. The first kappa shape index (κ1) is 16.4. The second-order valence-electron chi connectivity index (χ2n) is 4.48. The van der Waals surface area contributed by atoms with Gasteiger partial charge < -0.3 is 25.5 Å². The molecule has 0 aromatic heterocycles. The zero-order valence-electron chi connectivity index (χ0n) is 11.5. The van der Waals surface area contributed by atoms with Crippen LogP contribution >= 0.6 is 0 Å². The molecule has 0 fully saturated rings. The first-order valence-electron chi connectivity index (χ1n) is 6.02. The summed E-state index contributed by atoms with van der Waals surface area (Å²) in [6.07, 6.45) is 0. The Morgan fingerprint density at radius 3 is 2.00 bits per heavy atom. The van der Waals surface area contributed by atoms with Crippen molar-refractivity contribution in [1.29, 1.82) is 0 Å². The van der Waals surface area contributed by atoms with Crippen LogP contribution in [0, 0.1) is 0 Å². The number of amides is 2. The molecule has 8 nitrogen and oxygen atoms in total. The number of benzene rings is 1. The highest BCUT2D eigenvalue weighted by Gasteiger charge is 2.17. The van der Waals surface area contributed by atoms with Crippen molar-refractivity contribution in [3.63, 3.8) is 0 Å². The van der Waals surface area contributed by atoms with Gasteiger partial charge in [-0.15, -0.1) is 0 Å². The molecule has 1 atom stereocenters. The number of hydrogen-bond donors (Lipinski definition) is 4. The maximum absolute atomic E-state index is 11.9. The van der Waals surface area contributed by atoms with Crippen LogP contribution in [0.1, 0.15) is 27.6 Å². The first-order chi connectivity index (χ1) is 9.76. The number of nitrogens with one attached hydrogen (secondary N) is 1. The number of hydrogen-bond acceptors (Lipinski definition) is 4. The Hall–Kier alpha value is -2.61. The number of aliphatic hydroxyl groups is 1. The molecule has 1 rings (SSSR count). The number of nitrogens with zero attached hydrogens (tertiary/aromatic N) is 1. The lowest BCUT2D eigenvalue weighted by molar-refractivity contribution is 0.0696. The lowest BCUT2D eigenvalue weighted by Gasteiger charge is -2.23. The summed E-state index contributed by atoms with van der Waals surface area (Å²) in [5.41, 5.74) is -0.444. The van der Waals surface area contributed by atoms with E-state index in [1.54, 1.807) is 6.92 Å². The minimum Gasteiger partial charge on any atom is -0.478 e. The molecule has 1 unspecified atom stereocenters. The summed E-state index contributed by atoms with van der Waals surface area (Å²) in [5.74, 6) is -2.60. The van der Waals surface area contributed by atoms with Crippen molar-refractivity contribution in [1.82, 2.24) is 4.90 Å². The monoisotopic (exact) mass is 296 g/mol. The van der Waals surface area contributed by atoms with Crippen molar-refractivity contribution in [2.24, 2.45) is 0 Å². The fourth-order valence-electron chi connectivity index (χ4n) is 1.48. The van der Waals surface area contributed by atoms with Crippen molar-refractivity contribution in [3.8, 4) is 0 Å². The molecule has 0 radical (unpaired) electrons. The van der Waals surface area contributed by atoms with Crippen LogP contribution in [0.15, 0.2) is 18.2 Å². The van der Waals surface area contributed by atoms with Gasteiger partial charge >= 0.3 is 18.0 Å². The normalized spacial score (nSPS) is 11.6. The molecule has 114 valence electrons. The highest BCUT2D eigenvalue weighted by molar-refractivity contribution is 5.98. The molecule has 0 saturated carbocycles. The largest absolute Gasteiger partial charge is 0.478 e. The Bertz CT molecular complexity index is 540. The molecule has 0 aliphatic carbocycles. The van der Waals surface area contributed by atoms with Gasteiger partial charge in [-0.05, 0) is 25.1 Å². The van der Waals surface area contributed by atoms with Crippen LogP contribution in [0.25, 0.3) is 0 Å². The van der Waals surface area contributed by atoms with Gasteiger partial charge in [0.15, 0.2) is 0 Å². The molecule has 2 amide bonds. The summed E-state index contributed by atoms with van der Waals surface area (Å²) in [6, 6.07) is 2.29. The van der Waals surface area contributed by atoms with Crippen LogP contribution in [-0.2, 0) is 0 Å². The topological polar surface area (TPSA) is 127 Å². The Morgan fingerprint density at radius 1 is 1.14 bits per heavy atom. The molecule has 8 heteroatoms. The SMILES string of the molecule is CC(CO)N(C)C(=O)Nc1cc(C(=O)O)cc(C(=O)O)c1. The molecule has 0 heterocycles. The third kappa shape index (κ3) is 4.18. The second kappa shape index (κ2) is 6.71. The summed E-state index contributed by atoms with van der Waals surface area (Å²) in [7, 11) is 1.45. The van der Waals surface area contributed by atoms with Crippen LogP contribution in [0.2, 0.25) is 0 Å². The molecule has 0 aliphatic rings. The summed E-state index contributed by atoms with van der Waals surface area (Å²) < 4.78 is 0. The predicted octanol–water partition coefficient (Wildman–Crippen LogP) is 0.927. The quantitative estimate of drug-likeness (QED) is 0.640. The van der Waals surface area contributed by atoms with E-state index in [2.05, 4.69) is 5.32 Å². The standard InChI is InChI=1S/C13H16N2O6/c1-7(6-16)15(2)13(21)14-10-4-8(11(17)18)3-9(5-10)12(19)20/h3-5,7,16H,6H2,1-2H3,(H,14,21)(H,17,18)(H,19,20). The molecule has 0 bridgehead atoms. The van der Waals surface area contributed by atoms with Gasteiger partial charge in [0, 0.05) is 12.7 Å². The molecule has 0 saturated heterocycles. The Kier molecular flexibility index (Phi) is 5.25. The molecular weight excluding hydrogens is 280 g/mol. The second-order valence-corrected chi connectivity index (χ2v) is 4.48. The number of likely N-dealkylation sites (N-methyl/N-ethyl adjacent to an activating group) is 1. The van der Waals surface area contributed by atoms with Crippen LogP contribution in [0.3, 0.4) is 0 Å². The van der Waals surface area contributed by atoms with Crippen LogP contribution < -0.4 is 5.32 Å². The summed E-state index contributed by atoms with van der Waals surface area (Å²) in [5, 5.41) is 29.2. The lowest BCUT2D eigenvalue weighted by Crippen LogP contribution is -2.40. The van der Waals surface area contributed by atoms with E-state index in [0.29, 0.717) is 0 Å². The Balaban J connectivity index is 3.05. The van der Waals surface area contributed by atoms with E-state index in [0.717, 1.165) is 18.2 Å². The number of carbonyl (C=O) groups is 3. The van der Waals surface area contributed by atoms with Crippen molar-refractivity contribution in [3.05, 3.63) is 29.3 Å². The van der Waals surface area contributed by atoms with Gasteiger partial charge in [0.25, 0.3) is 0 Å². The third-order valence-electron chi connectivity index (χ3n) is 2.92. The van der Waals surface area contributed by atoms with Gasteiger partial charge in [-0.1, -0.05) is 0 Å². The minimum absolute atomic E-state index is 0.0503. The maximum atomic E-state index is 11.9. The number of carboxylic acid groups (broad SMARTS) is 2. The molecular formula is C13H16N2O6. The van der Waals surface area contributed by atoms with E-state index in [9.17, 15) is 14.4 Å². The molecule has 0 aliphatic heterocycles. The fourth-order valence-corrected chi connectivity index (χ4v) is 1.48. The number of aromatic carboxylic acids is 2. The number of carboxylic acids is 2. The van der Waals surface area contributed by atoms with Crippen molar-refractivity contribution in [2.45, 2.75) is 13.0 Å². The summed E-state index contributed by atoms with van der Waals surface area (Å²) >= 11 is 0. The highest BCUT2D eigenvalue weighted by Crippen LogP contribution is 2.16. The van der Waals surface area contributed by atoms with Crippen LogP contribution in [-0.4, -0.2) is 57.9 Å². The van der Waals surface area contributed by atoms with E-state index in [4.69, 9.17) is 15.3 Å². The fraction of sp³-hybridized carbons (Fsp3) is 0.308. The average Bonchev–Trinajstić information content (AvgIpc) is 2.44. The zero-order chi connectivity index (χ0) is 16.2. The van der Waals surface area contributed by atoms with E-state index in [1.165, 1.54) is 11.9 Å². The van der Waals surface area contributed by atoms with Crippen LogP contribution in [0.4, 0.5) is 10.5 Å². The number of anilines is 1. The molecule has 0 spiro atoms. The van der Waals surface area contributed by atoms with Crippen molar-refractivity contribution >= 4 is 23.7 Å². The smallest absolute Gasteiger partial charge is 0.335 e. The van der Waals surface area contributed by atoms with Crippen molar-refractivity contribution < 1.29 is 29.7 Å². The lowest BCUT2D eigenvalue weighted by atomic mass is 10.1. The van der Waals surface area contributed by atoms with Crippen LogP contribution in [0.5, 0.6) is 0 Å². The predicted molar refractivity (Wildman–Crippen MR) is 73.7 cm³/mol. The molecule has 1 aromatic rings. The Labute approximate surface area is 120 Å². The van der Waals surface area contributed by atoms with E-state index < -0.39 is 24.0 Å². The van der Waals surface area contributed by atoms with Gasteiger partial charge in [0.05, 0.1) is 23.8 Å². The van der Waals surface area contributed by atoms with E-state index in [1.807, 2.05) is 0 Å². The maximum Gasteiger partial charge on any atom is 0.335 e. The van der Waals surface area contributed by atoms with E-state index in [-0.39, 0.29) is 23.4 Å². The molecule has 4 N–H and O–H groups in total. The number of carbonyl (C=O) groups excluding carboxylic acids is 1. The summed E-state index contributed by atoms with van der Waals surface area (Å²) in [4.78, 5) is 35.0. The number of urea groups is 1. The van der Waals surface area contributed by atoms with E-state index >= 15 is 0 Å². The number of aliphatic hydroxyl groups excluding tert-OH is 1. The minimum atomic E-state index is -1.30. The van der Waals surface area contributed by atoms with Crippen molar-refractivity contribution in [2.75, 3.05) is 19.0 Å². The average molecular weight is 296 g/mol. The van der Waals surface area contributed by atoms with Gasteiger partial charge in [-0.25, -0.2) is 14.4 Å². The third-order valence-corrected chi connectivity index (χ3v) is 2.92.